The van der Waals surface area contributed by atoms with Gasteiger partial charge in [-0.1, -0.05) is 6.42 Å². The summed E-state index contributed by atoms with van der Waals surface area (Å²) in [4.78, 5) is 10.4. The second-order valence-corrected chi connectivity index (χ2v) is 7.10. The van der Waals surface area contributed by atoms with Gasteiger partial charge >= 0.3 is 6.18 Å². The first-order valence-corrected chi connectivity index (χ1v) is 9.33. The smallest absolute Gasteiger partial charge is 0.355 e. The Labute approximate surface area is 172 Å². The number of hydrogen-bond donors (Lipinski definition) is 1. The number of piperidine rings is 1. The Bertz CT molecular complexity index is 439. The molecule has 2 rings (SSSR count). The lowest BCUT2D eigenvalue weighted by Gasteiger charge is -2.40. The number of alkyl halides is 3. The number of halogens is 4. The first-order chi connectivity index (χ1) is 11.8. The zero-order chi connectivity index (χ0) is 18.4. The van der Waals surface area contributed by atoms with E-state index in [4.69, 9.17) is 0 Å². The van der Waals surface area contributed by atoms with E-state index in [1.165, 1.54) is 31.1 Å². The van der Waals surface area contributed by atoms with Crippen LogP contribution in [0.5, 0.6) is 0 Å². The van der Waals surface area contributed by atoms with Crippen LogP contribution in [0.2, 0.25) is 0 Å². The van der Waals surface area contributed by atoms with Crippen LogP contribution in [-0.2, 0) is 0 Å². The maximum Gasteiger partial charge on any atom is 0.403 e. The maximum atomic E-state index is 12.8. The molecule has 0 aliphatic carbocycles. The molecule has 26 heavy (non-hydrogen) atoms. The molecule has 2 aliphatic rings. The SMILES string of the molecule is CN=C(NCCN1CCCCC1C)N1CCN(C(C)C(F)(F)F)CC1.I. The third-order valence-electron chi connectivity index (χ3n) is 5.47. The molecule has 0 aromatic heterocycles. The van der Waals surface area contributed by atoms with Gasteiger partial charge in [0.05, 0.1) is 0 Å². The topological polar surface area (TPSA) is 34.1 Å². The predicted octanol–water partition coefficient (Wildman–Crippen LogP) is 2.62. The molecule has 9 heteroatoms. The molecular formula is C17H33F3IN5. The Balaban J connectivity index is 0.00000338. The first kappa shape index (κ1) is 23.7. The highest BCUT2D eigenvalue weighted by atomic mass is 127. The van der Waals surface area contributed by atoms with Crippen molar-refractivity contribution in [1.29, 1.82) is 0 Å². The van der Waals surface area contributed by atoms with E-state index < -0.39 is 12.2 Å². The molecule has 2 heterocycles. The quantitative estimate of drug-likeness (QED) is 0.373. The van der Waals surface area contributed by atoms with Gasteiger partial charge < -0.3 is 10.2 Å². The van der Waals surface area contributed by atoms with Crippen LogP contribution in [0.15, 0.2) is 4.99 Å². The normalized spacial score (nSPS) is 24.9. The van der Waals surface area contributed by atoms with Gasteiger partial charge in [-0.25, -0.2) is 0 Å². The molecule has 0 aromatic rings. The first-order valence-electron chi connectivity index (χ1n) is 9.33. The summed E-state index contributed by atoms with van der Waals surface area (Å²) in [7, 11) is 1.73. The zero-order valence-corrected chi connectivity index (χ0v) is 18.4. The fraction of sp³-hybridized carbons (Fsp3) is 0.941. The van der Waals surface area contributed by atoms with Crippen molar-refractivity contribution in [3.8, 4) is 0 Å². The Hall–Kier alpha value is -0.290. The molecular weight excluding hydrogens is 458 g/mol. The number of guanidine groups is 1. The summed E-state index contributed by atoms with van der Waals surface area (Å²) in [5, 5.41) is 3.37. The molecule has 154 valence electrons. The summed E-state index contributed by atoms with van der Waals surface area (Å²) < 4.78 is 38.5. The minimum Gasteiger partial charge on any atom is -0.355 e. The standard InChI is InChI=1S/C17H32F3N5.HI/c1-14-6-4-5-8-23(14)9-7-22-16(21-3)25-12-10-24(11-13-25)15(2)17(18,19)20;/h14-15H,4-13H2,1-3H3,(H,21,22);1H. The number of aliphatic imine (C=N–C) groups is 1. The largest absolute Gasteiger partial charge is 0.403 e. The van der Waals surface area contributed by atoms with Gasteiger partial charge in [-0.05, 0) is 33.2 Å². The Kier molecular flexibility index (Phi) is 9.95. The number of nitrogens with zero attached hydrogens (tertiary/aromatic N) is 4. The minimum absolute atomic E-state index is 0. The molecule has 2 atom stereocenters. The molecule has 1 N–H and O–H groups in total. The van der Waals surface area contributed by atoms with E-state index in [1.54, 1.807) is 7.05 Å². The summed E-state index contributed by atoms with van der Waals surface area (Å²) in [5.41, 5.74) is 0. The average molecular weight is 491 g/mol. The van der Waals surface area contributed by atoms with E-state index in [-0.39, 0.29) is 24.0 Å². The van der Waals surface area contributed by atoms with Crippen molar-refractivity contribution in [3.05, 3.63) is 0 Å². The molecule has 0 radical (unpaired) electrons. The number of nitrogens with one attached hydrogen (secondary N) is 1. The van der Waals surface area contributed by atoms with Crippen LogP contribution in [-0.4, -0.2) is 91.8 Å². The van der Waals surface area contributed by atoms with Gasteiger partial charge in [0.2, 0.25) is 0 Å². The van der Waals surface area contributed by atoms with Gasteiger partial charge in [-0.2, -0.15) is 13.2 Å². The van der Waals surface area contributed by atoms with Gasteiger partial charge in [-0.3, -0.25) is 14.8 Å². The molecule has 0 bridgehead atoms. The van der Waals surface area contributed by atoms with Gasteiger partial charge in [0, 0.05) is 52.4 Å². The fourth-order valence-corrected chi connectivity index (χ4v) is 3.66. The van der Waals surface area contributed by atoms with Crippen LogP contribution in [0.1, 0.15) is 33.1 Å². The van der Waals surface area contributed by atoms with Crippen molar-refractivity contribution in [2.75, 3.05) is 52.9 Å². The average Bonchev–Trinajstić information content (AvgIpc) is 2.59. The molecule has 0 saturated carbocycles. The molecule has 5 nitrogen and oxygen atoms in total. The number of rotatable bonds is 4. The Morgan fingerprint density at radius 1 is 1.15 bits per heavy atom. The van der Waals surface area contributed by atoms with Crippen LogP contribution in [0.4, 0.5) is 13.2 Å². The number of likely N-dealkylation sites (tertiary alicyclic amines) is 1. The summed E-state index contributed by atoms with van der Waals surface area (Å²) >= 11 is 0. The zero-order valence-electron chi connectivity index (χ0n) is 16.1. The Morgan fingerprint density at radius 2 is 1.81 bits per heavy atom. The predicted molar refractivity (Wildman–Crippen MR) is 110 cm³/mol. The molecule has 2 fully saturated rings. The summed E-state index contributed by atoms with van der Waals surface area (Å²) in [5.74, 6) is 0.795. The maximum absolute atomic E-state index is 12.8. The van der Waals surface area contributed by atoms with Crippen molar-refractivity contribution < 1.29 is 13.2 Å². The van der Waals surface area contributed by atoms with E-state index in [9.17, 15) is 13.2 Å². The lowest BCUT2D eigenvalue weighted by atomic mass is 10.0. The molecule has 0 aromatic carbocycles. The summed E-state index contributed by atoms with van der Waals surface area (Å²) in [6.45, 7) is 8.41. The van der Waals surface area contributed by atoms with Crippen molar-refractivity contribution >= 4 is 29.9 Å². The molecule has 2 aliphatic heterocycles. The van der Waals surface area contributed by atoms with Crippen molar-refractivity contribution in [2.45, 2.75) is 51.4 Å². The second-order valence-electron chi connectivity index (χ2n) is 7.10. The third-order valence-corrected chi connectivity index (χ3v) is 5.47. The lowest BCUT2D eigenvalue weighted by Crippen LogP contribution is -2.57. The van der Waals surface area contributed by atoms with E-state index in [0.717, 1.165) is 25.6 Å². The van der Waals surface area contributed by atoms with E-state index in [2.05, 4.69) is 27.0 Å². The van der Waals surface area contributed by atoms with Gasteiger partial charge in [0.1, 0.15) is 6.04 Å². The van der Waals surface area contributed by atoms with Gasteiger partial charge in [-0.15, -0.1) is 24.0 Å². The van der Waals surface area contributed by atoms with Crippen LogP contribution in [0.25, 0.3) is 0 Å². The Morgan fingerprint density at radius 3 is 2.35 bits per heavy atom. The van der Waals surface area contributed by atoms with Crippen LogP contribution in [0.3, 0.4) is 0 Å². The number of piperazine rings is 1. The van der Waals surface area contributed by atoms with Crippen LogP contribution >= 0.6 is 24.0 Å². The van der Waals surface area contributed by atoms with Crippen LogP contribution < -0.4 is 5.32 Å². The fourth-order valence-electron chi connectivity index (χ4n) is 3.66. The third kappa shape index (κ3) is 6.70. The van der Waals surface area contributed by atoms with E-state index in [1.807, 2.05) is 0 Å². The molecule has 0 amide bonds. The van der Waals surface area contributed by atoms with Crippen LogP contribution in [0, 0.1) is 0 Å². The second kappa shape index (κ2) is 10.9. The molecule has 0 spiro atoms. The van der Waals surface area contributed by atoms with E-state index in [0.29, 0.717) is 32.2 Å². The molecule has 2 saturated heterocycles. The van der Waals surface area contributed by atoms with Crippen molar-refractivity contribution in [2.24, 2.45) is 4.99 Å². The lowest BCUT2D eigenvalue weighted by molar-refractivity contribution is -0.181. The highest BCUT2D eigenvalue weighted by Crippen LogP contribution is 2.25. The van der Waals surface area contributed by atoms with Crippen molar-refractivity contribution in [3.63, 3.8) is 0 Å². The number of hydrogen-bond acceptors (Lipinski definition) is 3. The minimum atomic E-state index is -4.16. The molecule has 2 unspecified atom stereocenters. The van der Waals surface area contributed by atoms with Gasteiger partial charge in [0.25, 0.3) is 0 Å². The van der Waals surface area contributed by atoms with E-state index >= 15 is 0 Å². The monoisotopic (exact) mass is 491 g/mol. The van der Waals surface area contributed by atoms with Crippen molar-refractivity contribution in [1.82, 2.24) is 20.0 Å². The summed E-state index contributed by atoms with van der Waals surface area (Å²) in [6.07, 6.45) is -0.326. The highest BCUT2D eigenvalue weighted by Gasteiger charge is 2.41. The van der Waals surface area contributed by atoms with Gasteiger partial charge in [0.15, 0.2) is 5.96 Å². The summed E-state index contributed by atoms with van der Waals surface area (Å²) in [6, 6.07) is -0.754. The highest BCUT2D eigenvalue weighted by molar-refractivity contribution is 14.0.